The maximum Gasteiger partial charge on any atom is 0.253 e. The van der Waals surface area contributed by atoms with Gasteiger partial charge in [0, 0.05) is 7.11 Å². The summed E-state index contributed by atoms with van der Waals surface area (Å²) < 4.78 is 4.89. The van der Waals surface area contributed by atoms with Gasteiger partial charge in [0.25, 0.3) is 5.91 Å². The number of nitrogens with one attached hydrogen (secondary N) is 1. The SMILES string of the molecule is COC(C)C(=O)Nc1c(C)cc(Cl)nc1Cl. The lowest BCUT2D eigenvalue weighted by molar-refractivity contribution is -0.124. The van der Waals surface area contributed by atoms with Gasteiger partial charge in [-0.1, -0.05) is 23.2 Å². The Kier molecular flexibility index (Phi) is 4.53. The van der Waals surface area contributed by atoms with E-state index in [9.17, 15) is 4.79 Å². The summed E-state index contributed by atoms with van der Waals surface area (Å²) in [4.78, 5) is 15.4. The summed E-state index contributed by atoms with van der Waals surface area (Å²) in [5.74, 6) is -0.281. The lowest BCUT2D eigenvalue weighted by Crippen LogP contribution is -2.27. The summed E-state index contributed by atoms with van der Waals surface area (Å²) in [5.41, 5.74) is 1.21. The van der Waals surface area contributed by atoms with E-state index in [1.807, 2.05) is 0 Å². The molecule has 0 aliphatic carbocycles. The molecule has 0 saturated carbocycles. The van der Waals surface area contributed by atoms with Crippen LogP contribution in [0.1, 0.15) is 12.5 Å². The molecule has 1 aromatic rings. The van der Waals surface area contributed by atoms with Crippen LogP contribution in [0.4, 0.5) is 5.69 Å². The number of halogens is 2. The molecule has 0 spiro atoms. The Morgan fingerprint density at radius 3 is 2.69 bits per heavy atom. The normalized spacial score (nSPS) is 12.3. The number of rotatable bonds is 3. The minimum absolute atomic E-state index is 0.168. The lowest BCUT2D eigenvalue weighted by atomic mass is 10.2. The number of methoxy groups -OCH3 is 1. The van der Waals surface area contributed by atoms with E-state index in [1.165, 1.54) is 7.11 Å². The zero-order valence-corrected chi connectivity index (χ0v) is 10.7. The number of hydrogen-bond acceptors (Lipinski definition) is 3. The number of aromatic nitrogens is 1. The summed E-state index contributed by atoms with van der Waals surface area (Å²) in [6.45, 7) is 3.43. The number of carbonyl (C=O) groups is 1. The van der Waals surface area contributed by atoms with Crippen molar-refractivity contribution in [3.63, 3.8) is 0 Å². The third-order valence-electron chi connectivity index (χ3n) is 2.11. The zero-order chi connectivity index (χ0) is 12.3. The summed E-state index contributed by atoms with van der Waals surface area (Å²) in [6.07, 6.45) is -0.550. The largest absolute Gasteiger partial charge is 0.372 e. The second-order valence-electron chi connectivity index (χ2n) is 3.29. The fourth-order valence-electron chi connectivity index (χ4n) is 1.08. The number of nitrogens with zero attached hydrogens (tertiary/aromatic N) is 1. The molecule has 1 heterocycles. The van der Waals surface area contributed by atoms with Gasteiger partial charge in [0.15, 0.2) is 5.15 Å². The summed E-state index contributed by atoms with van der Waals surface area (Å²) >= 11 is 11.6. The molecular formula is C10H12Cl2N2O2. The van der Waals surface area contributed by atoms with E-state index in [2.05, 4.69) is 10.3 Å². The summed E-state index contributed by atoms with van der Waals surface area (Å²) in [6, 6.07) is 1.63. The molecule has 88 valence electrons. The molecule has 4 nitrogen and oxygen atoms in total. The Labute approximate surface area is 104 Å². The van der Waals surface area contributed by atoms with Crippen LogP contribution in [0, 0.1) is 6.92 Å². The maximum absolute atomic E-state index is 11.6. The predicted octanol–water partition coefficient (Wildman–Crippen LogP) is 2.67. The van der Waals surface area contributed by atoms with Crippen molar-refractivity contribution in [2.75, 3.05) is 12.4 Å². The molecule has 1 amide bonds. The number of anilines is 1. The topological polar surface area (TPSA) is 51.2 Å². The summed E-state index contributed by atoms with van der Waals surface area (Å²) in [7, 11) is 1.46. The van der Waals surface area contributed by atoms with Crippen LogP contribution in [0.5, 0.6) is 0 Å². The average Bonchev–Trinajstić information content (AvgIpc) is 2.21. The van der Waals surface area contributed by atoms with Crippen molar-refractivity contribution in [3.05, 3.63) is 21.9 Å². The van der Waals surface area contributed by atoms with Gasteiger partial charge >= 0.3 is 0 Å². The first-order valence-electron chi connectivity index (χ1n) is 4.62. The Morgan fingerprint density at radius 2 is 2.19 bits per heavy atom. The number of pyridine rings is 1. The van der Waals surface area contributed by atoms with E-state index in [0.717, 1.165) is 5.56 Å². The van der Waals surface area contributed by atoms with Crippen LogP contribution in [-0.4, -0.2) is 24.1 Å². The van der Waals surface area contributed by atoms with Crippen molar-refractivity contribution in [1.29, 1.82) is 0 Å². The summed E-state index contributed by atoms with van der Waals surface area (Å²) in [5, 5.41) is 3.10. The number of ether oxygens (including phenoxy) is 1. The molecule has 0 bridgehead atoms. The monoisotopic (exact) mass is 262 g/mol. The third-order valence-corrected chi connectivity index (χ3v) is 2.58. The smallest absolute Gasteiger partial charge is 0.253 e. The van der Waals surface area contributed by atoms with Crippen LogP contribution in [0.2, 0.25) is 10.3 Å². The first kappa shape index (κ1) is 13.2. The van der Waals surface area contributed by atoms with Crippen LogP contribution in [-0.2, 0) is 9.53 Å². The molecule has 1 rings (SSSR count). The van der Waals surface area contributed by atoms with Crippen molar-refractivity contribution in [2.24, 2.45) is 0 Å². The van der Waals surface area contributed by atoms with E-state index in [0.29, 0.717) is 10.8 Å². The van der Waals surface area contributed by atoms with Gasteiger partial charge in [-0.25, -0.2) is 4.98 Å². The van der Waals surface area contributed by atoms with Gasteiger partial charge in [0.05, 0.1) is 5.69 Å². The Morgan fingerprint density at radius 1 is 1.56 bits per heavy atom. The highest BCUT2D eigenvalue weighted by atomic mass is 35.5. The molecule has 0 saturated heterocycles. The zero-order valence-electron chi connectivity index (χ0n) is 9.17. The first-order chi connectivity index (χ1) is 7.45. The Hall–Kier alpha value is -0.840. The van der Waals surface area contributed by atoms with Crippen LogP contribution in [0.3, 0.4) is 0 Å². The molecule has 6 heteroatoms. The molecule has 1 N–H and O–H groups in total. The predicted molar refractivity (Wildman–Crippen MR) is 64.1 cm³/mol. The van der Waals surface area contributed by atoms with Crippen molar-refractivity contribution in [3.8, 4) is 0 Å². The van der Waals surface area contributed by atoms with Gasteiger partial charge in [-0.3, -0.25) is 4.79 Å². The minimum atomic E-state index is -0.550. The quantitative estimate of drug-likeness (QED) is 0.853. The molecule has 0 fully saturated rings. The van der Waals surface area contributed by atoms with Crippen molar-refractivity contribution >= 4 is 34.8 Å². The maximum atomic E-state index is 11.6. The highest BCUT2D eigenvalue weighted by molar-refractivity contribution is 6.34. The molecule has 1 aromatic heterocycles. The number of aryl methyl sites for hydroxylation is 1. The highest BCUT2D eigenvalue weighted by Gasteiger charge is 2.15. The van der Waals surface area contributed by atoms with Crippen molar-refractivity contribution in [1.82, 2.24) is 4.98 Å². The molecule has 16 heavy (non-hydrogen) atoms. The van der Waals surface area contributed by atoms with Crippen LogP contribution in [0.15, 0.2) is 6.07 Å². The van der Waals surface area contributed by atoms with Crippen molar-refractivity contribution in [2.45, 2.75) is 20.0 Å². The molecule has 1 atom stereocenters. The fraction of sp³-hybridized carbons (Fsp3) is 0.400. The number of amides is 1. The molecular weight excluding hydrogens is 251 g/mol. The van der Waals surface area contributed by atoms with E-state index < -0.39 is 6.10 Å². The number of hydrogen-bond donors (Lipinski definition) is 1. The first-order valence-corrected chi connectivity index (χ1v) is 5.37. The molecule has 0 aromatic carbocycles. The molecule has 1 unspecified atom stereocenters. The van der Waals surface area contributed by atoms with E-state index in [1.54, 1.807) is 19.9 Å². The van der Waals surface area contributed by atoms with Crippen molar-refractivity contribution < 1.29 is 9.53 Å². The van der Waals surface area contributed by atoms with Crippen LogP contribution >= 0.6 is 23.2 Å². The standard InChI is InChI=1S/C10H12Cl2N2O2/c1-5-4-7(11)13-9(12)8(5)14-10(15)6(2)16-3/h4,6H,1-3H3,(H,14,15). The average molecular weight is 263 g/mol. The molecule has 0 aliphatic rings. The van der Waals surface area contributed by atoms with E-state index in [-0.39, 0.29) is 11.1 Å². The third kappa shape index (κ3) is 3.07. The number of carbonyl (C=O) groups excluding carboxylic acids is 1. The minimum Gasteiger partial charge on any atom is -0.372 e. The van der Waals surface area contributed by atoms with Gasteiger partial charge in [0.2, 0.25) is 0 Å². The van der Waals surface area contributed by atoms with Gasteiger partial charge in [0.1, 0.15) is 11.3 Å². The second-order valence-corrected chi connectivity index (χ2v) is 4.04. The fourth-order valence-corrected chi connectivity index (χ4v) is 1.66. The Balaban J connectivity index is 2.93. The van der Waals surface area contributed by atoms with Gasteiger partial charge < -0.3 is 10.1 Å². The van der Waals surface area contributed by atoms with Gasteiger partial charge in [-0.2, -0.15) is 0 Å². The second kappa shape index (κ2) is 5.48. The highest BCUT2D eigenvalue weighted by Crippen LogP contribution is 2.26. The van der Waals surface area contributed by atoms with Gasteiger partial charge in [-0.05, 0) is 25.5 Å². The van der Waals surface area contributed by atoms with E-state index >= 15 is 0 Å². The lowest BCUT2D eigenvalue weighted by Gasteiger charge is -2.13. The van der Waals surface area contributed by atoms with E-state index in [4.69, 9.17) is 27.9 Å². The van der Waals surface area contributed by atoms with Crippen LogP contribution < -0.4 is 5.32 Å². The van der Waals surface area contributed by atoms with Crippen LogP contribution in [0.25, 0.3) is 0 Å². The Bertz CT molecular complexity index is 387. The molecule has 0 aliphatic heterocycles. The van der Waals surface area contributed by atoms with Gasteiger partial charge in [-0.15, -0.1) is 0 Å². The molecule has 0 radical (unpaired) electrons.